The van der Waals surface area contributed by atoms with E-state index in [4.69, 9.17) is 4.74 Å². The van der Waals surface area contributed by atoms with E-state index in [1.54, 1.807) is 0 Å². The summed E-state index contributed by atoms with van der Waals surface area (Å²) in [5, 5.41) is 10.6. The molecule has 2 rings (SSSR count). The van der Waals surface area contributed by atoms with Crippen LogP contribution in [0.5, 0.6) is 0 Å². The minimum atomic E-state index is -0.552. The number of allylic oxidation sites excluding steroid dienone is 1. The Balaban J connectivity index is 2.06. The van der Waals surface area contributed by atoms with Crippen molar-refractivity contribution in [3.05, 3.63) is 12.2 Å². The number of aliphatic hydroxyl groups is 1. The second-order valence-electron chi connectivity index (χ2n) is 5.84. The Kier molecular flexibility index (Phi) is 3.91. The first-order valence-corrected chi connectivity index (χ1v) is 6.70. The van der Waals surface area contributed by atoms with Crippen molar-refractivity contribution in [1.29, 1.82) is 0 Å². The fourth-order valence-corrected chi connectivity index (χ4v) is 3.15. The monoisotopic (exact) mass is 239 g/mol. The average Bonchev–Trinajstić information content (AvgIpc) is 2.29. The summed E-state index contributed by atoms with van der Waals surface area (Å²) in [7, 11) is 0. The van der Waals surface area contributed by atoms with Crippen molar-refractivity contribution in [2.24, 2.45) is 5.92 Å². The molecule has 0 unspecified atom stereocenters. The summed E-state index contributed by atoms with van der Waals surface area (Å²) in [6.45, 7) is 11.7. The molecule has 1 saturated heterocycles. The number of nitrogens with zero attached hydrogens (tertiary/aromatic N) is 1. The zero-order chi connectivity index (χ0) is 12.5. The number of hydrogen-bond acceptors (Lipinski definition) is 3. The maximum atomic E-state index is 10.6. The number of ether oxygens (including phenoxy) is 1. The SMILES string of the molecule is C=C(C)[C@H]1CC[C@](C)(O)[C@@H](N2CCOCC2)C1. The molecule has 0 aromatic rings. The van der Waals surface area contributed by atoms with Gasteiger partial charge < -0.3 is 9.84 Å². The molecule has 1 aliphatic heterocycles. The van der Waals surface area contributed by atoms with Gasteiger partial charge in [-0.25, -0.2) is 0 Å². The van der Waals surface area contributed by atoms with Crippen LogP contribution in [0.25, 0.3) is 0 Å². The largest absolute Gasteiger partial charge is 0.389 e. The predicted molar refractivity (Wildman–Crippen MR) is 69.0 cm³/mol. The fourth-order valence-electron chi connectivity index (χ4n) is 3.15. The number of morpholine rings is 1. The van der Waals surface area contributed by atoms with E-state index in [9.17, 15) is 5.11 Å². The van der Waals surface area contributed by atoms with Crippen LogP contribution in [0.3, 0.4) is 0 Å². The van der Waals surface area contributed by atoms with Crippen molar-refractivity contribution >= 4 is 0 Å². The van der Waals surface area contributed by atoms with Gasteiger partial charge in [-0.15, -0.1) is 0 Å². The second kappa shape index (κ2) is 5.09. The summed E-state index contributed by atoms with van der Waals surface area (Å²) >= 11 is 0. The van der Waals surface area contributed by atoms with Crippen molar-refractivity contribution in [1.82, 2.24) is 4.90 Å². The summed E-state index contributed by atoms with van der Waals surface area (Å²) in [4.78, 5) is 2.40. The first kappa shape index (κ1) is 13.1. The zero-order valence-electron chi connectivity index (χ0n) is 11.1. The van der Waals surface area contributed by atoms with Gasteiger partial charge in [0.1, 0.15) is 0 Å². The van der Waals surface area contributed by atoms with Crippen molar-refractivity contribution < 1.29 is 9.84 Å². The van der Waals surface area contributed by atoms with Gasteiger partial charge in [-0.2, -0.15) is 0 Å². The van der Waals surface area contributed by atoms with Gasteiger partial charge in [0.2, 0.25) is 0 Å². The molecule has 3 nitrogen and oxygen atoms in total. The molecule has 98 valence electrons. The maximum Gasteiger partial charge on any atom is 0.0774 e. The van der Waals surface area contributed by atoms with Crippen LogP contribution < -0.4 is 0 Å². The molecule has 0 amide bonds. The van der Waals surface area contributed by atoms with Gasteiger partial charge in [0, 0.05) is 19.1 Å². The standard InChI is InChI=1S/C14H25NO2/c1-11(2)12-4-5-14(3,16)13(10-12)15-6-8-17-9-7-15/h12-13,16H,1,4-10H2,2-3H3/t12-,13-,14-/m0/s1. The Hall–Kier alpha value is -0.380. The molecule has 1 N–H and O–H groups in total. The van der Waals surface area contributed by atoms with Crippen LogP contribution in [0.15, 0.2) is 12.2 Å². The molecule has 17 heavy (non-hydrogen) atoms. The van der Waals surface area contributed by atoms with Crippen molar-refractivity contribution in [3.63, 3.8) is 0 Å². The van der Waals surface area contributed by atoms with Gasteiger partial charge in [0.25, 0.3) is 0 Å². The Morgan fingerprint density at radius 1 is 1.41 bits per heavy atom. The van der Waals surface area contributed by atoms with Gasteiger partial charge >= 0.3 is 0 Å². The topological polar surface area (TPSA) is 32.7 Å². The molecule has 1 saturated carbocycles. The highest BCUT2D eigenvalue weighted by Crippen LogP contribution is 2.38. The Morgan fingerprint density at radius 2 is 2.06 bits per heavy atom. The average molecular weight is 239 g/mol. The minimum absolute atomic E-state index is 0.266. The lowest BCUT2D eigenvalue weighted by Gasteiger charge is -2.47. The predicted octanol–water partition coefficient (Wildman–Crippen LogP) is 1.81. The van der Waals surface area contributed by atoms with Crippen LogP contribution >= 0.6 is 0 Å². The van der Waals surface area contributed by atoms with E-state index in [1.165, 1.54) is 5.57 Å². The summed E-state index contributed by atoms with van der Waals surface area (Å²) < 4.78 is 5.39. The second-order valence-corrected chi connectivity index (χ2v) is 5.84. The highest BCUT2D eigenvalue weighted by atomic mass is 16.5. The van der Waals surface area contributed by atoms with E-state index in [2.05, 4.69) is 18.4 Å². The van der Waals surface area contributed by atoms with E-state index in [0.717, 1.165) is 45.6 Å². The van der Waals surface area contributed by atoms with Crippen molar-refractivity contribution in [3.8, 4) is 0 Å². The first-order valence-electron chi connectivity index (χ1n) is 6.70. The Morgan fingerprint density at radius 3 is 2.65 bits per heavy atom. The van der Waals surface area contributed by atoms with E-state index in [1.807, 2.05) is 6.92 Å². The number of hydrogen-bond donors (Lipinski definition) is 1. The van der Waals surface area contributed by atoms with Crippen molar-refractivity contribution in [2.45, 2.75) is 44.8 Å². The molecular weight excluding hydrogens is 214 g/mol. The lowest BCUT2D eigenvalue weighted by molar-refractivity contribution is -0.0938. The Bertz CT molecular complexity index is 282. The fraction of sp³-hybridized carbons (Fsp3) is 0.857. The molecule has 2 fully saturated rings. The normalized spacial score (nSPS) is 40.2. The van der Waals surface area contributed by atoms with Crippen LogP contribution in [0, 0.1) is 5.92 Å². The molecule has 0 radical (unpaired) electrons. The van der Waals surface area contributed by atoms with Gasteiger partial charge in [-0.1, -0.05) is 12.2 Å². The van der Waals surface area contributed by atoms with E-state index >= 15 is 0 Å². The lowest BCUT2D eigenvalue weighted by atomic mass is 9.73. The molecule has 1 aliphatic carbocycles. The molecular formula is C14H25NO2. The highest BCUT2D eigenvalue weighted by molar-refractivity contribution is 5.05. The highest BCUT2D eigenvalue weighted by Gasteiger charge is 2.41. The summed E-state index contributed by atoms with van der Waals surface area (Å²) in [6.07, 6.45) is 3.00. The smallest absolute Gasteiger partial charge is 0.0774 e. The van der Waals surface area contributed by atoms with Crippen LogP contribution in [-0.4, -0.2) is 48.0 Å². The van der Waals surface area contributed by atoms with Crippen molar-refractivity contribution in [2.75, 3.05) is 26.3 Å². The molecule has 0 spiro atoms. The van der Waals surface area contributed by atoms with Crippen LogP contribution in [0.1, 0.15) is 33.1 Å². The maximum absolute atomic E-state index is 10.6. The lowest BCUT2D eigenvalue weighted by Crippen LogP contribution is -2.57. The minimum Gasteiger partial charge on any atom is -0.389 e. The summed E-state index contributed by atoms with van der Waals surface area (Å²) in [6, 6.07) is 0.266. The number of rotatable bonds is 2. The molecule has 0 aromatic carbocycles. The molecule has 0 aromatic heterocycles. The summed E-state index contributed by atoms with van der Waals surface area (Å²) in [5.41, 5.74) is 0.710. The molecule has 2 aliphatic rings. The zero-order valence-corrected chi connectivity index (χ0v) is 11.1. The van der Waals surface area contributed by atoms with Crippen LogP contribution in [0.2, 0.25) is 0 Å². The van der Waals surface area contributed by atoms with Gasteiger partial charge in [-0.05, 0) is 39.0 Å². The third-order valence-electron chi connectivity index (χ3n) is 4.41. The Labute approximate surface area is 104 Å². The van der Waals surface area contributed by atoms with Crippen LogP contribution in [0.4, 0.5) is 0 Å². The van der Waals surface area contributed by atoms with Gasteiger partial charge in [0.15, 0.2) is 0 Å². The van der Waals surface area contributed by atoms with Gasteiger partial charge in [-0.3, -0.25) is 4.90 Å². The molecule has 3 heteroatoms. The first-order chi connectivity index (χ1) is 8.00. The van der Waals surface area contributed by atoms with Gasteiger partial charge in [0.05, 0.1) is 18.8 Å². The quantitative estimate of drug-likeness (QED) is 0.746. The molecule has 1 heterocycles. The molecule has 3 atom stereocenters. The summed E-state index contributed by atoms with van der Waals surface area (Å²) in [5.74, 6) is 0.572. The molecule has 0 bridgehead atoms. The van der Waals surface area contributed by atoms with Crippen LogP contribution in [-0.2, 0) is 4.74 Å². The third kappa shape index (κ3) is 2.90. The third-order valence-corrected chi connectivity index (χ3v) is 4.41. The van der Waals surface area contributed by atoms with E-state index in [0.29, 0.717) is 5.92 Å². The van der Waals surface area contributed by atoms with E-state index < -0.39 is 5.60 Å². The van der Waals surface area contributed by atoms with E-state index in [-0.39, 0.29) is 6.04 Å².